The van der Waals surface area contributed by atoms with Crippen molar-refractivity contribution in [3.05, 3.63) is 30.6 Å². The Balaban J connectivity index is 0.000000443. The van der Waals surface area contributed by atoms with Crippen molar-refractivity contribution in [3.63, 3.8) is 0 Å². The van der Waals surface area contributed by atoms with E-state index < -0.39 is 34.1 Å². The zero-order valence-corrected chi connectivity index (χ0v) is 10.8. The summed E-state index contributed by atoms with van der Waals surface area (Å²) in [6.07, 6.45) is 1.81. The van der Waals surface area contributed by atoms with Crippen molar-refractivity contribution < 1.29 is 35.5 Å². The van der Waals surface area contributed by atoms with Crippen LogP contribution in [0.4, 0.5) is 17.6 Å². The Kier molecular flexibility index (Phi) is 6.37. The number of pyridine rings is 1. The maximum atomic E-state index is 12.4. The van der Waals surface area contributed by atoms with Crippen LogP contribution in [0.25, 0.3) is 0 Å². The molecule has 0 aliphatic rings. The Bertz CT molecular complexity index is 433. The van der Waals surface area contributed by atoms with E-state index in [-0.39, 0.29) is 6.92 Å². The maximum Gasteiger partial charge on any atom is 0.266 e. The fourth-order valence-electron chi connectivity index (χ4n) is 1.11. The zero-order valence-electron chi connectivity index (χ0n) is 9.95. The van der Waals surface area contributed by atoms with Gasteiger partial charge in [-0.2, -0.15) is 0 Å². The third-order valence-electron chi connectivity index (χ3n) is 1.56. The molecule has 1 rings (SSSR count). The molecule has 0 amide bonds. The lowest BCUT2D eigenvalue weighted by Crippen LogP contribution is -2.33. The molecule has 110 valence electrons. The van der Waals surface area contributed by atoms with E-state index in [4.69, 9.17) is 0 Å². The number of nitrogens with one attached hydrogen (secondary N) is 1. The van der Waals surface area contributed by atoms with E-state index in [1.807, 2.05) is 30.6 Å². The summed E-state index contributed by atoms with van der Waals surface area (Å²) in [7, 11) is -5.19. The minimum atomic E-state index is -5.19. The van der Waals surface area contributed by atoms with E-state index in [2.05, 4.69) is 4.98 Å². The molecule has 1 aromatic heterocycles. The number of hydrogen-bond donors (Lipinski definition) is 0. The number of hydrogen-bond acceptors (Lipinski definition) is 3. The van der Waals surface area contributed by atoms with Crippen molar-refractivity contribution in [1.82, 2.24) is 0 Å². The van der Waals surface area contributed by atoms with Crippen LogP contribution in [0.15, 0.2) is 30.6 Å². The highest BCUT2D eigenvalue weighted by Crippen LogP contribution is 2.30. The number of rotatable bonds is 4. The van der Waals surface area contributed by atoms with Crippen LogP contribution in [0, 0.1) is 0 Å². The molecule has 1 N–H and O–H groups in total. The van der Waals surface area contributed by atoms with Gasteiger partial charge >= 0.3 is 0 Å². The first kappa shape index (κ1) is 17.8. The first-order valence-electron chi connectivity index (χ1n) is 5.02. The molecule has 0 fully saturated rings. The summed E-state index contributed by atoms with van der Waals surface area (Å²) in [5.41, 5.74) is 0. The van der Waals surface area contributed by atoms with E-state index in [9.17, 15) is 30.5 Å². The summed E-state index contributed by atoms with van der Waals surface area (Å²) >= 11 is 0. The molecule has 0 radical (unpaired) electrons. The first-order chi connectivity index (χ1) is 8.41. The Morgan fingerprint density at radius 2 is 1.58 bits per heavy atom. The van der Waals surface area contributed by atoms with Crippen molar-refractivity contribution in [3.8, 4) is 0 Å². The second kappa shape index (κ2) is 6.80. The van der Waals surface area contributed by atoms with Gasteiger partial charge in [-0.1, -0.05) is 6.07 Å². The van der Waals surface area contributed by atoms with E-state index in [0.717, 1.165) is 0 Å². The molecule has 19 heavy (non-hydrogen) atoms. The minimum Gasteiger partial charge on any atom is -0.748 e. The van der Waals surface area contributed by atoms with Crippen LogP contribution in [0.3, 0.4) is 0 Å². The van der Waals surface area contributed by atoms with Crippen LogP contribution >= 0.6 is 0 Å². The first-order valence-corrected chi connectivity index (χ1v) is 6.59. The molecule has 0 saturated carbocycles. The molecule has 0 aliphatic heterocycles. The summed E-state index contributed by atoms with van der Waals surface area (Å²) in [6.45, 7) is 0.221. The molecule has 1 heterocycles. The second-order valence-electron chi connectivity index (χ2n) is 3.88. The van der Waals surface area contributed by atoms with Gasteiger partial charge in [0.15, 0.2) is 12.4 Å². The van der Waals surface area contributed by atoms with Crippen molar-refractivity contribution in [2.24, 2.45) is 0 Å². The Hall–Kier alpha value is -1.22. The van der Waals surface area contributed by atoms with Gasteiger partial charge in [-0.25, -0.2) is 31.0 Å². The lowest BCUT2D eigenvalue weighted by molar-refractivity contribution is -0.377. The van der Waals surface area contributed by atoms with Crippen LogP contribution in [0.2, 0.25) is 0 Å². The van der Waals surface area contributed by atoms with E-state index in [1.165, 1.54) is 0 Å². The molecule has 0 aromatic carbocycles. The topological polar surface area (TPSA) is 71.3 Å². The van der Waals surface area contributed by atoms with Gasteiger partial charge in [-0.3, -0.25) is 0 Å². The molecular weight excluding hydrogens is 290 g/mol. The predicted octanol–water partition coefficient (Wildman–Crippen LogP) is 1.71. The largest absolute Gasteiger partial charge is 0.748 e. The third-order valence-corrected chi connectivity index (χ3v) is 2.34. The number of alkyl halides is 4. The molecule has 9 heteroatoms. The Morgan fingerprint density at radius 1 is 1.11 bits per heavy atom. The van der Waals surface area contributed by atoms with E-state index in [1.54, 1.807) is 0 Å². The van der Waals surface area contributed by atoms with Crippen LogP contribution < -0.4 is 4.98 Å². The average Bonchev–Trinajstić information content (AvgIpc) is 2.13. The summed E-state index contributed by atoms with van der Waals surface area (Å²) in [4.78, 5) is 2.89. The molecule has 0 atom stereocenters. The molecule has 1 aromatic rings. The molecule has 0 saturated heterocycles. The fourth-order valence-corrected chi connectivity index (χ4v) is 1.73. The second-order valence-corrected chi connectivity index (χ2v) is 5.29. The van der Waals surface area contributed by atoms with E-state index in [0.29, 0.717) is 0 Å². The minimum absolute atomic E-state index is 0.221. The standard InChI is InChI=1S/C5H8F4O3S.C5H5N/c1-4(6,7)2-5(8,9)3-13(10,11)12;1-2-4-6-5-3-1/h2-3H2,1H3,(H,10,11,12);1-5H. The highest BCUT2D eigenvalue weighted by molar-refractivity contribution is 7.85. The Labute approximate surface area is 108 Å². The van der Waals surface area contributed by atoms with Crippen molar-refractivity contribution in [1.29, 1.82) is 0 Å². The lowest BCUT2D eigenvalue weighted by atomic mass is 10.2. The van der Waals surface area contributed by atoms with Crippen molar-refractivity contribution in [2.45, 2.75) is 25.2 Å². The quantitative estimate of drug-likeness (QED) is 0.628. The average molecular weight is 303 g/mol. The van der Waals surface area contributed by atoms with Gasteiger partial charge in [-0.15, -0.1) is 0 Å². The number of halogens is 4. The van der Waals surface area contributed by atoms with Gasteiger partial charge in [0, 0.05) is 12.1 Å². The van der Waals surface area contributed by atoms with Gasteiger partial charge in [0.25, 0.3) is 11.8 Å². The van der Waals surface area contributed by atoms with Gasteiger partial charge in [0.05, 0.1) is 6.42 Å². The molecule has 0 spiro atoms. The normalized spacial score (nSPS) is 12.5. The van der Waals surface area contributed by atoms with E-state index >= 15 is 0 Å². The monoisotopic (exact) mass is 303 g/mol. The molecule has 4 nitrogen and oxygen atoms in total. The number of aromatic nitrogens is 1. The lowest BCUT2D eigenvalue weighted by Gasteiger charge is -2.21. The summed E-state index contributed by atoms with van der Waals surface area (Å²) < 4.78 is 78.3. The smallest absolute Gasteiger partial charge is 0.266 e. The van der Waals surface area contributed by atoms with Crippen LogP contribution in [-0.4, -0.2) is 30.6 Å². The highest BCUT2D eigenvalue weighted by Gasteiger charge is 2.41. The van der Waals surface area contributed by atoms with Crippen molar-refractivity contribution >= 4 is 10.1 Å². The van der Waals surface area contributed by atoms with Crippen molar-refractivity contribution in [2.75, 3.05) is 5.75 Å². The molecular formula is C10H13F4NO3S. The Morgan fingerprint density at radius 3 is 1.79 bits per heavy atom. The van der Waals surface area contributed by atoms with Crippen LogP contribution in [0.5, 0.6) is 0 Å². The van der Waals surface area contributed by atoms with Crippen LogP contribution in [-0.2, 0) is 10.1 Å². The third kappa shape index (κ3) is 13.0. The van der Waals surface area contributed by atoms with Gasteiger partial charge in [-0.05, 0) is 6.92 Å². The fraction of sp³-hybridized carbons (Fsp3) is 0.500. The van der Waals surface area contributed by atoms with Gasteiger partial charge < -0.3 is 4.55 Å². The maximum absolute atomic E-state index is 12.4. The number of H-pyrrole nitrogens is 1. The summed E-state index contributed by atoms with van der Waals surface area (Å²) in [5.74, 6) is -9.98. The highest BCUT2D eigenvalue weighted by atomic mass is 32.2. The van der Waals surface area contributed by atoms with Crippen LogP contribution in [0.1, 0.15) is 13.3 Å². The molecule has 0 bridgehead atoms. The predicted molar refractivity (Wildman–Crippen MR) is 57.7 cm³/mol. The SMILES string of the molecule is CC(F)(F)CC(F)(F)CS(=O)(=O)[O-].c1cc[nH+]cc1. The zero-order chi connectivity index (χ0) is 15.2. The van der Waals surface area contributed by atoms with Gasteiger partial charge in [0.2, 0.25) is 0 Å². The summed E-state index contributed by atoms with van der Waals surface area (Å²) in [6, 6.07) is 5.86. The number of aromatic amines is 1. The molecule has 0 unspecified atom stereocenters. The summed E-state index contributed by atoms with van der Waals surface area (Å²) in [5, 5.41) is 0. The molecule has 0 aliphatic carbocycles. The van der Waals surface area contributed by atoms with Gasteiger partial charge in [0.1, 0.15) is 15.9 Å².